The molecule has 3 N–H and O–H groups in total. The van der Waals surface area contributed by atoms with Crippen LogP contribution >= 0.6 is 23.2 Å². The number of methoxy groups -OCH3 is 2. The van der Waals surface area contributed by atoms with Crippen molar-refractivity contribution in [2.24, 2.45) is 5.73 Å². The van der Waals surface area contributed by atoms with Crippen LogP contribution in [0.25, 0.3) is 11.4 Å². The standard InChI is InChI=1S/C21H19Cl2N5O3/c1-10-17(19(24)29)18(11-4-5-15(22)16(23)8-11)28-21(25-10)26-20(27-28)12-6-13(30-2)9-14(7-12)31-3/h4-9,18H,1-3H3,(H2,24,29)(H,25,26,27). The van der Waals surface area contributed by atoms with Gasteiger partial charge in [-0.15, -0.1) is 5.10 Å². The molecule has 1 aliphatic heterocycles. The Bertz CT molecular complexity index is 1200. The summed E-state index contributed by atoms with van der Waals surface area (Å²) in [5.74, 6) is 1.50. The third-order valence-electron chi connectivity index (χ3n) is 4.99. The summed E-state index contributed by atoms with van der Waals surface area (Å²) in [6.45, 7) is 1.76. The van der Waals surface area contributed by atoms with E-state index in [0.29, 0.717) is 55.7 Å². The van der Waals surface area contributed by atoms with Gasteiger partial charge in [0, 0.05) is 17.3 Å². The van der Waals surface area contributed by atoms with Gasteiger partial charge in [-0.1, -0.05) is 29.3 Å². The Morgan fingerprint density at radius 2 is 1.77 bits per heavy atom. The second kappa shape index (κ2) is 8.13. The highest BCUT2D eigenvalue weighted by Gasteiger charge is 2.33. The highest BCUT2D eigenvalue weighted by atomic mass is 35.5. The molecule has 0 saturated carbocycles. The van der Waals surface area contributed by atoms with Crippen LogP contribution in [0.3, 0.4) is 0 Å². The summed E-state index contributed by atoms with van der Waals surface area (Å²) in [6.07, 6.45) is 0. The second-order valence-corrected chi connectivity index (χ2v) is 7.72. The average Bonchev–Trinajstić information content (AvgIpc) is 3.17. The first-order chi connectivity index (χ1) is 14.8. The molecule has 0 bridgehead atoms. The lowest BCUT2D eigenvalue weighted by Crippen LogP contribution is -2.31. The fraction of sp³-hybridized carbons (Fsp3) is 0.190. The quantitative estimate of drug-likeness (QED) is 0.596. The van der Waals surface area contributed by atoms with E-state index in [9.17, 15) is 4.79 Å². The summed E-state index contributed by atoms with van der Waals surface area (Å²) in [7, 11) is 3.14. The van der Waals surface area contributed by atoms with Gasteiger partial charge >= 0.3 is 0 Å². The average molecular weight is 460 g/mol. The summed E-state index contributed by atoms with van der Waals surface area (Å²) in [6, 6.07) is 9.86. The summed E-state index contributed by atoms with van der Waals surface area (Å²) in [5.41, 5.74) is 8.03. The first-order valence-electron chi connectivity index (χ1n) is 9.25. The Morgan fingerprint density at radius 3 is 2.35 bits per heavy atom. The zero-order valence-electron chi connectivity index (χ0n) is 16.9. The minimum atomic E-state index is -0.628. The van der Waals surface area contributed by atoms with Gasteiger partial charge in [0.25, 0.3) is 0 Å². The van der Waals surface area contributed by atoms with Gasteiger partial charge in [-0.2, -0.15) is 4.98 Å². The number of benzene rings is 2. The number of allylic oxidation sites excluding steroid dienone is 1. The molecule has 2 aromatic carbocycles. The SMILES string of the molecule is COc1cc(OC)cc(-c2nc3n(n2)C(c2ccc(Cl)c(Cl)c2)C(C(N)=O)=C(C)N3)c1. The number of hydrogen-bond acceptors (Lipinski definition) is 6. The van der Waals surface area contributed by atoms with E-state index in [2.05, 4.69) is 15.4 Å². The van der Waals surface area contributed by atoms with Gasteiger partial charge in [0.05, 0.1) is 29.8 Å². The highest BCUT2D eigenvalue weighted by molar-refractivity contribution is 6.42. The van der Waals surface area contributed by atoms with Crippen molar-refractivity contribution in [3.05, 3.63) is 63.3 Å². The Labute approximate surface area is 188 Å². The first kappa shape index (κ1) is 21.0. The molecule has 1 unspecified atom stereocenters. The predicted octanol–water partition coefficient (Wildman–Crippen LogP) is 4.04. The van der Waals surface area contributed by atoms with Crippen molar-refractivity contribution in [1.29, 1.82) is 0 Å². The van der Waals surface area contributed by atoms with Crippen molar-refractivity contribution < 1.29 is 14.3 Å². The molecule has 2 heterocycles. The third-order valence-corrected chi connectivity index (χ3v) is 5.73. The maximum absolute atomic E-state index is 12.3. The van der Waals surface area contributed by atoms with Crippen LogP contribution < -0.4 is 20.5 Å². The normalized spacial score (nSPS) is 15.3. The highest BCUT2D eigenvalue weighted by Crippen LogP contribution is 2.38. The molecular weight excluding hydrogens is 441 g/mol. The summed E-state index contributed by atoms with van der Waals surface area (Å²) in [5, 5.41) is 8.54. The fourth-order valence-corrected chi connectivity index (χ4v) is 3.83. The number of anilines is 1. The van der Waals surface area contributed by atoms with Gasteiger partial charge in [0.15, 0.2) is 5.82 Å². The van der Waals surface area contributed by atoms with E-state index in [1.807, 2.05) is 0 Å². The lowest BCUT2D eigenvalue weighted by Gasteiger charge is -2.27. The van der Waals surface area contributed by atoms with Crippen LogP contribution in [-0.2, 0) is 4.79 Å². The zero-order chi connectivity index (χ0) is 22.3. The number of fused-ring (bicyclic) bond motifs is 1. The van der Waals surface area contributed by atoms with Crippen molar-refractivity contribution in [2.45, 2.75) is 13.0 Å². The Hall–Kier alpha value is -3.23. The molecule has 10 heteroatoms. The van der Waals surface area contributed by atoms with Crippen LogP contribution in [0, 0.1) is 0 Å². The minimum Gasteiger partial charge on any atom is -0.497 e. The van der Waals surface area contributed by atoms with E-state index in [0.717, 1.165) is 0 Å². The zero-order valence-corrected chi connectivity index (χ0v) is 18.5. The van der Waals surface area contributed by atoms with E-state index < -0.39 is 11.9 Å². The number of amides is 1. The van der Waals surface area contributed by atoms with E-state index >= 15 is 0 Å². The number of aromatic nitrogens is 3. The molecule has 0 aliphatic carbocycles. The van der Waals surface area contributed by atoms with E-state index in [1.165, 1.54) is 0 Å². The van der Waals surface area contributed by atoms with Crippen LogP contribution in [-0.4, -0.2) is 34.9 Å². The fourth-order valence-electron chi connectivity index (χ4n) is 3.52. The smallest absolute Gasteiger partial charge is 0.248 e. The largest absolute Gasteiger partial charge is 0.497 e. The number of ether oxygens (including phenoxy) is 2. The molecule has 1 aliphatic rings. The monoisotopic (exact) mass is 459 g/mol. The van der Waals surface area contributed by atoms with Crippen LogP contribution in [0.5, 0.6) is 11.5 Å². The molecular formula is C21H19Cl2N5O3. The lowest BCUT2D eigenvalue weighted by molar-refractivity contribution is -0.115. The molecule has 4 rings (SSSR count). The number of carbonyl (C=O) groups is 1. The summed E-state index contributed by atoms with van der Waals surface area (Å²) >= 11 is 12.3. The lowest BCUT2D eigenvalue weighted by atomic mass is 9.95. The van der Waals surface area contributed by atoms with Crippen molar-refractivity contribution in [1.82, 2.24) is 14.8 Å². The molecule has 3 aromatic rings. The van der Waals surface area contributed by atoms with Gasteiger partial charge < -0.3 is 20.5 Å². The van der Waals surface area contributed by atoms with Crippen molar-refractivity contribution >= 4 is 35.1 Å². The van der Waals surface area contributed by atoms with Gasteiger partial charge in [0.2, 0.25) is 11.9 Å². The molecule has 1 amide bonds. The van der Waals surface area contributed by atoms with Crippen molar-refractivity contribution in [3.63, 3.8) is 0 Å². The van der Waals surface area contributed by atoms with E-state index in [1.54, 1.807) is 62.2 Å². The number of hydrogen-bond donors (Lipinski definition) is 2. The molecule has 1 aromatic heterocycles. The Kier molecular flexibility index (Phi) is 5.51. The number of nitrogens with two attached hydrogens (primary N) is 1. The Morgan fingerprint density at radius 1 is 1.10 bits per heavy atom. The topological polar surface area (TPSA) is 104 Å². The summed E-state index contributed by atoms with van der Waals surface area (Å²) < 4.78 is 12.3. The van der Waals surface area contributed by atoms with Gasteiger partial charge in [0.1, 0.15) is 17.5 Å². The van der Waals surface area contributed by atoms with Crippen LogP contribution in [0.2, 0.25) is 10.0 Å². The number of nitrogens with one attached hydrogen (secondary N) is 1. The van der Waals surface area contributed by atoms with Crippen molar-refractivity contribution in [3.8, 4) is 22.9 Å². The Balaban J connectivity index is 1.89. The maximum atomic E-state index is 12.3. The van der Waals surface area contributed by atoms with Gasteiger partial charge in [-0.25, -0.2) is 4.68 Å². The third kappa shape index (κ3) is 3.80. The van der Waals surface area contributed by atoms with Crippen LogP contribution in [0.1, 0.15) is 18.5 Å². The molecule has 8 nitrogen and oxygen atoms in total. The number of nitrogens with zero attached hydrogens (tertiary/aromatic N) is 3. The first-order valence-corrected chi connectivity index (χ1v) is 10.0. The van der Waals surface area contributed by atoms with Gasteiger partial charge in [-0.05, 0) is 36.8 Å². The predicted molar refractivity (Wildman–Crippen MR) is 119 cm³/mol. The number of rotatable bonds is 5. The van der Waals surface area contributed by atoms with Gasteiger partial charge in [-0.3, -0.25) is 4.79 Å². The van der Waals surface area contributed by atoms with Crippen LogP contribution in [0.4, 0.5) is 5.95 Å². The second-order valence-electron chi connectivity index (χ2n) is 6.91. The molecule has 0 fully saturated rings. The number of carbonyl (C=O) groups excluding carboxylic acids is 1. The molecule has 160 valence electrons. The van der Waals surface area contributed by atoms with E-state index in [4.69, 9.17) is 38.4 Å². The number of primary amides is 1. The number of halogens is 2. The molecule has 1 atom stereocenters. The molecule has 0 radical (unpaired) electrons. The molecule has 31 heavy (non-hydrogen) atoms. The molecule has 0 spiro atoms. The van der Waals surface area contributed by atoms with E-state index in [-0.39, 0.29) is 0 Å². The summed E-state index contributed by atoms with van der Waals surface area (Å²) in [4.78, 5) is 16.9. The minimum absolute atomic E-state index is 0.352. The van der Waals surface area contributed by atoms with Crippen LogP contribution in [0.15, 0.2) is 47.7 Å². The maximum Gasteiger partial charge on any atom is 0.248 e. The van der Waals surface area contributed by atoms with Crippen molar-refractivity contribution in [2.75, 3.05) is 19.5 Å². The molecule has 0 saturated heterocycles.